The number of hydrogen-bond acceptors (Lipinski definition) is 1. The molecule has 0 radical (unpaired) electrons. The third kappa shape index (κ3) is 3.19. The topological polar surface area (TPSA) is 17.1 Å². The molecule has 0 aliphatic heterocycles. The Morgan fingerprint density at radius 1 is 0.947 bits per heavy atom. The largest absolute Gasteiger partial charge is 0.289 e. The number of hydrogen-bond donors (Lipinski definition) is 0. The van der Waals surface area contributed by atoms with Gasteiger partial charge in [0, 0.05) is 5.56 Å². The van der Waals surface area contributed by atoms with E-state index in [-0.39, 0.29) is 5.78 Å². The monoisotopic (exact) mass is 250 g/mol. The van der Waals surface area contributed by atoms with E-state index in [1.54, 1.807) is 6.08 Å². The van der Waals surface area contributed by atoms with Gasteiger partial charge in [-0.05, 0) is 43.5 Å². The minimum atomic E-state index is 0.0563. The summed E-state index contributed by atoms with van der Waals surface area (Å²) < 4.78 is 0. The number of rotatable bonds is 3. The van der Waals surface area contributed by atoms with Crippen LogP contribution >= 0.6 is 0 Å². The predicted molar refractivity (Wildman–Crippen MR) is 80.5 cm³/mol. The van der Waals surface area contributed by atoms with E-state index in [0.717, 1.165) is 16.7 Å². The quantitative estimate of drug-likeness (QED) is 0.578. The van der Waals surface area contributed by atoms with Crippen LogP contribution in [0.5, 0.6) is 0 Å². The summed E-state index contributed by atoms with van der Waals surface area (Å²) in [5, 5.41) is 0. The highest BCUT2D eigenvalue weighted by molar-refractivity contribution is 6.07. The number of carbonyl (C=O) groups is 1. The normalized spacial score (nSPS) is 10.9. The summed E-state index contributed by atoms with van der Waals surface area (Å²) in [7, 11) is 0. The first-order chi connectivity index (χ1) is 9.08. The average Bonchev–Trinajstić information content (AvgIpc) is 2.37. The summed E-state index contributed by atoms with van der Waals surface area (Å²) in [4.78, 5) is 12.2. The van der Waals surface area contributed by atoms with Gasteiger partial charge in [0.25, 0.3) is 0 Å². The van der Waals surface area contributed by atoms with Gasteiger partial charge >= 0.3 is 0 Å². The number of allylic oxidation sites excluding steroid dienone is 1. The van der Waals surface area contributed by atoms with Crippen LogP contribution in [0.3, 0.4) is 0 Å². The summed E-state index contributed by atoms with van der Waals surface area (Å²) in [6.45, 7) is 6.05. The molecule has 2 rings (SSSR count). The molecule has 2 aromatic rings. The lowest BCUT2D eigenvalue weighted by Crippen LogP contribution is -1.98. The average molecular weight is 250 g/mol. The molecule has 0 saturated carbocycles. The maximum absolute atomic E-state index is 12.2. The molecule has 0 aliphatic carbocycles. The van der Waals surface area contributed by atoms with Gasteiger partial charge in [0.2, 0.25) is 0 Å². The Hall–Kier alpha value is -2.15. The Labute approximate surface area is 114 Å². The van der Waals surface area contributed by atoms with Crippen molar-refractivity contribution < 1.29 is 4.79 Å². The number of aryl methyl sites for hydroxylation is 3. The molecule has 2 aromatic carbocycles. The molecule has 1 heteroatoms. The molecule has 0 aliphatic rings. The van der Waals surface area contributed by atoms with E-state index < -0.39 is 0 Å². The smallest absolute Gasteiger partial charge is 0.186 e. The highest BCUT2D eigenvalue weighted by Crippen LogP contribution is 2.14. The molecular weight excluding hydrogens is 232 g/mol. The van der Waals surface area contributed by atoms with E-state index in [1.165, 1.54) is 11.1 Å². The zero-order chi connectivity index (χ0) is 13.8. The van der Waals surface area contributed by atoms with Crippen LogP contribution in [-0.4, -0.2) is 5.78 Å². The Kier molecular flexibility index (Phi) is 3.96. The van der Waals surface area contributed by atoms with Crippen LogP contribution in [0.2, 0.25) is 0 Å². The fourth-order valence-electron chi connectivity index (χ4n) is 2.12. The predicted octanol–water partition coefficient (Wildman–Crippen LogP) is 4.51. The zero-order valence-electron chi connectivity index (χ0n) is 11.6. The van der Waals surface area contributed by atoms with Crippen molar-refractivity contribution in [2.24, 2.45) is 0 Å². The first-order valence-electron chi connectivity index (χ1n) is 6.43. The first kappa shape index (κ1) is 13.3. The molecule has 1 nitrogen and oxygen atoms in total. The summed E-state index contributed by atoms with van der Waals surface area (Å²) in [5.41, 5.74) is 5.24. The van der Waals surface area contributed by atoms with Crippen LogP contribution in [0.25, 0.3) is 6.08 Å². The lowest BCUT2D eigenvalue weighted by Gasteiger charge is -2.03. The fourth-order valence-corrected chi connectivity index (χ4v) is 2.12. The fraction of sp³-hybridized carbons (Fsp3) is 0.167. The molecule has 0 saturated heterocycles. The summed E-state index contributed by atoms with van der Waals surface area (Å²) >= 11 is 0. The molecule has 0 fully saturated rings. The van der Waals surface area contributed by atoms with Crippen LogP contribution in [0, 0.1) is 20.8 Å². The maximum Gasteiger partial charge on any atom is 0.186 e. The number of carbonyl (C=O) groups excluding carboxylic acids is 1. The van der Waals surface area contributed by atoms with Gasteiger partial charge in [-0.15, -0.1) is 0 Å². The second-order valence-electron chi connectivity index (χ2n) is 4.87. The molecule has 0 unspecified atom stereocenters. The minimum absolute atomic E-state index is 0.0563. The second-order valence-corrected chi connectivity index (χ2v) is 4.87. The van der Waals surface area contributed by atoms with Crippen LogP contribution < -0.4 is 0 Å². The highest BCUT2D eigenvalue weighted by Gasteiger charge is 2.05. The Morgan fingerprint density at radius 2 is 1.68 bits per heavy atom. The Bertz CT molecular complexity index is 636. The van der Waals surface area contributed by atoms with Gasteiger partial charge in [-0.1, -0.05) is 54.1 Å². The second kappa shape index (κ2) is 5.66. The van der Waals surface area contributed by atoms with Crippen LogP contribution in [0.1, 0.15) is 32.6 Å². The van der Waals surface area contributed by atoms with Gasteiger partial charge in [0.05, 0.1) is 0 Å². The van der Waals surface area contributed by atoms with E-state index in [2.05, 4.69) is 0 Å². The van der Waals surface area contributed by atoms with Crippen molar-refractivity contribution in [2.75, 3.05) is 0 Å². The van der Waals surface area contributed by atoms with Crippen LogP contribution in [-0.2, 0) is 0 Å². The number of benzene rings is 2. The molecule has 0 aromatic heterocycles. The summed E-state index contributed by atoms with van der Waals surface area (Å²) in [6.07, 6.45) is 3.54. The van der Waals surface area contributed by atoms with Crippen molar-refractivity contribution in [1.29, 1.82) is 0 Å². The third-order valence-corrected chi connectivity index (χ3v) is 3.25. The molecule has 0 bridgehead atoms. The lowest BCUT2D eigenvalue weighted by atomic mass is 10.0. The number of ketones is 1. The van der Waals surface area contributed by atoms with Crippen molar-refractivity contribution in [3.63, 3.8) is 0 Å². The molecule has 19 heavy (non-hydrogen) atoms. The van der Waals surface area contributed by atoms with E-state index in [0.29, 0.717) is 0 Å². The van der Waals surface area contributed by atoms with Crippen molar-refractivity contribution in [2.45, 2.75) is 20.8 Å². The van der Waals surface area contributed by atoms with Gasteiger partial charge in [-0.2, -0.15) is 0 Å². The van der Waals surface area contributed by atoms with Crippen LogP contribution in [0.4, 0.5) is 0 Å². The van der Waals surface area contributed by atoms with Crippen molar-refractivity contribution in [3.05, 3.63) is 76.4 Å². The lowest BCUT2D eigenvalue weighted by molar-refractivity contribution is 0.104. The summed E-state index contributed by atoms with van der Waals surface area (Å²) in [6, 6.07) is 13.9. The van der Waals surface area contributed by atoms with Gasteiger partial charge in [0.1, 0.15) is 0 Å². The van der Waals surface area contributed by atoms with E-state index >= 15 is 0 Å². The van der Waals surface area contributed by atoms with Crippen LogP contribution in [0.15, 0.2) is 48.5 Å². The molecular formula is C18H18O. The van der Waals surface area contributed by atoms with Gasteiger partial charge in [-0.25, -0.2) is 0 Å². The Morgan fingerprint density at radius 3 is 2.37 bits per heavy atom. The van der Waals surface area contributed by atoms with Crippen molar-refractivity contribution in [1.82, 2.24) is 0 Å². The van der Waals surface area contributed by atoms with E-state index in [9.17, 15) is 4.79 Å². The van der Waals surface area contributed by atoms with Gasteiger partial charge < -0.3 is 0 Å². The molecule has 0 amide bonds. The Balaban J connectivity index is 2.24. The summed E-state index contributed by atoms with van der Waals surface area (Å²) in [5.74, 6) is 0.0563. The van der Waals surface area contributed by atoms with Gasteiger partial charge in [-0.3, -0.25) is 4.79 Å². The molecule has 0 spiro atoms. The minimum Gasteiger partial charge on any atom is -0.289 e. The molecule has 0 heterocycles. The van der Waals surface area contributed by atoms with Gasteiger partial charge in [0.15, 0.2) is 5.78 Å². The van der Waals surface area contributed by atoms with E-state index in [1.807, 2.05) is 69.3 Å². The standard InChI is InChI=1S/C18H18O/c1-13-8-10-17(15(3)12-13)18(19)11-9-16-7-5-4-6-14(16)2/h4-12H,1-3H3. The van der Waals surface area contributed by atoms with E-state index in [4.69, 9.17) is 0 Å². The highest BCUT2D eigenvalue weighted by atomic mass is 16.1. The SMILES string of the molecule is Cc1ccc(C(=O)C=Cc2ccccc2C)c(C)c1. The third-order valence-electron chi connectivity index (χ3n) is 3.25. The molecule has 0 N–H and O–H groups in total. The molecule has 96 valence electrons. The molecule has 0 atom stereocenters. The van der Waals surface area contributed by atoms with Crippen molar-refractivity contribution in [3.8, 4) is 0 Å². The zero-order valence-corrected chi connectivity index (χ0v) is 11.6. The van der Waals surface area contributed by atoms with Crippen molar-refractivity contribution >= 4 is 11.9 Å². The maximum atomic E-state index is 12.2. The first-order valence-corrected chi connectivity index (χ1v) is 6.43.